The lowest BCUT2D eigenvalue weighted by Crippen LogP contribution is -2.37. The first kappa shape index (κ1) is 32.5. The number of nitrogens with one attached hydrogen (secondary N) is 1. The quantitative estimate of drug-likeness (QED) is 0.305. The largest absolute Gasteiger partial charge is 0.378 e. The van der Waals surface area contributed by atoms with E-state index in [4.69, 9.17) is 0 Å². The molecule has 1 saturated carbocycles. The van der Waals surface area contributed by atoms with Gasteiger partial charge in [-0.05, 0) is 158 Å². The highest BCUT2D eigenvalue weighted by Crippen LogP contribution is 2.51. The van der Waals surface area contributed by atoms with Crippen LogP contribution in [-0.2, 0) is 0 Å². The van der Waals surface area contributed by atoms with Crippen molar-refractivity contribution in [2.45, 2.75) is 102 Å². The summed E-state index contributed by atoms with van der Waals surface area (Å²) in [6.07, 6.45) is 55.2. The molecule has 8 aliphatic carbocycles. The summed E-state index contributed by atoms with van der Waals surface area (Å²) in [6.45, 7) is 0. The highest BCUT2D eigenvalue weighted by Gasteiger charge is 2.36. The first-order chi connectivity index (χ1) is 25.7. The molecule has 0 bridgehead atoms. The van der Waals surface area contributed by atoms with E-state index in [9.17, 15) is 0 Å². The molecule has 52 heavy (non-hydrogen) atoms. The number of dihydropyridines is 1. The number of rotatable bonds is 5. The summed E-state index contributed by atoms with van der Waals surface area (Å²) in [6, 6.07) is 9.43. The van der Waals surface area contributed by atoms with Crippen molar-refractivity contribution in [3.05, 3.63) is 171 Å². The van der Waals surface area contributed by atoms with Crippen LogP contribution in [0.15, 0.2) is 160 Å². The van der Waals surface area contributed by atoms with Gasteiger partial charge in [0.15, 0.2) is 0 Å². The maximum atomic E-state index is 4.14. The predicted octanol–water partition coefficient (Wildman–Crippen LogP) is 12.8. The van der Waals surface area contributed by atoms with Crippen molar-refractivity contribution in [3.8, 4) is 0 Å². The molecule has 1 nitrogen and oxygen atoms in total. The van der Waals surface area contributed by atoms with Gasteiger partial charge in [0.25, 0.3) is 0 Å². The van der Waals surface area contributed by atoms with Crippen LogP contribution in [0.5, 0.6) is 0 Å². The van der Waals surface area contributed by atoms with Crippen LogP contribution in [0, 0.1) is 29.6 Å². The molecule has 1 aliphatic heterocycles. The molecule has 1 N–H and O–H groups in total. The van der Waals surface area contributed by atoms with Crippen LogP contribution in [-0.4, -0.2) is 6.04 Å². The summed E-state index contributed by atoms with van der Waals surface area (Å²) >= 11 is 0. The molecule has 1 heteroatoms. The van der Waals surface area contributed by atoms with Gasteiger partial charge in [-0.15, -0.1) is 0 Å². The molecule has 0 radical (unpaired) electrons. The van der Waals surface area contributed by atoms with Gasteiger partial charge in [-0.2, -0.15) is 0 Å². The van der Waals surface area contributed by atoms with Crippen molar-refractivity contribution in [3.63, 3.8) is 0 Å². The van der Waals surface area contributed by atoms with E-state index in [-0.39, 0.29) is 0 Å². The van der Waals surface area contributed by atoms with Crippen molar-refractivity contribution in [2.24, 2.45) is 29.6 Å². The monoisotopic (exact) mass is 681 g/mol. The van der Waals surface area contributed by atoms with Gasteiger partial charge in [-0.25, -0.2) is 0 Å². The number of allylic oxidation sites excluding steroid dienone is 21. The Bertz CT molecular complexity index is 2000. The Kier molecular flexibility index (Phi) is 8.78. The van der Waals surface area contributed by atoms with Crippen molar-refractivity contribution in [1.82, 2.24) is 5.32 Å². The van der Waals surface area contributed by atoms with E-state index in [1.54, 1.807) is 22.3 Å². The van der Waals surface area contributed by atoms with E-state index >= 15 is 0 Å². The zero-order valence-corrected chi connectivity index (χ0v) is 30.9. The topological polar surface area (TPSA) is 12.0 Å². The zero-order chi connectivity index (χ0) is 34.4. The molecule has 1 fully saturated rings. The van der Waals surface area contributed by atoms with E-state index in [1.165, 1.54) is 110 Å². The molecule has 264 valence electrons. The lowest BCUT2D eigenvalue weighted by Gasteiger charge is -2.39. The summed E-state index contributed by atoms with van der Waals surface area (Å²) in [4.78, 5) is 0. The summed E-state index contributed by atoms with van der Waals surface area (Å²) in [5.74, 6) is 3.45. The minimum atomic E-state index is 0.354. The first-order valence-electron chi connectivity index (χ1n) is 21.0. The fourth-order valence-corrected chi connectivity index (χ4v) is 11.3. The van der Waals surface area contributed by atoms with E-state index in [0.717, 1.165) is 25.2 Å². The highest BCUT2D eigenvalue weighted by molar-refractivity contribution is 5.68. The molecule has 0 saturated heterocycles. The Morgan fingerprint density at radius 1 is 0.692 bits per heavy atom. The van der Waals surface area contributed by atoms with Gasteiger partial charge in [-0.3, -0.25) is 0 Å². The van der Waals surface area contributed by atoms with Gasteiger partial charge >= 0.3 is 0 Å². The minimum absolute atomic E-state index is 0.354. The summed E-state index contributed by atoms with van der Waals surface area (Å²) in [7, 11) is 0. The van der Waals surface area contributed by atoms with Gasteiger partial charge in [-0.1, -0.05) is 127 Å². The Morgan fingerprint density at radius 2 is 1.63 bits per heavy atom. The van der Waals surface area contributed by atoms with Crippen LogP contribution in [0.25, 0.3) is 6.08 Å². The molecule has 7 atom stereocenters. The van der Waals surface area contributed by atoms with Crippen LogP contribution in [0.4, 0.5) is 0 Å². The van der Waals surface area contributed by atoms with Crippen LogP contribution in [0.3, 0.4) is 0 Å². The molecule has 10 rings (SSSR count). The molecule has 7 unspecified atom stereocenters. The lowest BCUT2D eigenvalue weighted by molar-refractivity contribution is 0.310. The normalized spacial score (nSPS) is 33.5. The number of fused-ring (bicyclic) bond motifs is 5. The number of hydrogen-bond acceptors (Lipinski definition) is 1. The molecule has 1 aromatic carbocycles. The second-order valence-corrected chi connectivity index (χ2v) is 17.1. The van der Waals surface area contributed by atoms with E-state index in [1.807, 2.05) is 0 Å². The third-order valence-corrected chi connectivity index (χ3v) is 14.1. The van der Waals surface area contributed by atoms with Gasteiger partial charge < -0.3 is 5.32 Å². The fourth-order valence-electron chi connectivity index (χ4n) is 11.3. The van der Waals surface area contributed by atoms with Crippen molar-refractivity contribution >= 4 is 6.08 Å². The Labute approximate surface area is 312 Å². The summed E-state index contributed by atoms with van der Waals surface area (Å²) in [5.41, 5.74) is 16.9. The van der Waals surface area contributed by atoms with Crippen LogP contribution in [0.2, 0.25) is 0 Å². The Morgan fingerprint density at radius 3 is 2.56 bits per heavy atom. The zero-order valence-electron chi connectivity index (χ0n) is 30.9. The smallest absolute Gasteiger partial charge is 0.0663 e. The van der Waals surface area contributed by atoms with Crippen LogP contribution in [0.1, 0.15) is 107 Å². The lowest BCUT2D eigenvalue weighted by atomic mass is 9.66. The molecule has 1 aromatic rings. The van der Waals surface area contributed by atoms with Crippen LogP contribution < -0.4 is 5.32 Å². The van der Waals surface area contributed by atoms with E-state index < -0.39 is 0 Å². The number of hydrogen-bond donors (Lipinski definition) is 1. The SMILES string of the molecule is C1=CCCC(C2CCCC(C3=CC(C4=CCC5C=C(C6=CC7c8ccccc8C=CC7C7=C6C=CCC7)C=CC5C4)=CC(C4=CCCCC4)N3)C2)=C1. The third-order valence-electron chi connectivity index (χ3n) is 14.1. The van der Waals surface area contributed by atoms with Crippen LogP contribution >= 0.6 is 0 Å². The molecule has 1 heterocycles. The maximum Gasteiger partial charge on any atom is 0.0663 e. The fraction of sp³-hybridized carbons (Fsp3) is 0.412. The summed E-state index contributed by atoms with van der Waals surface area (Å²) in [5, 5.41) is 4.14. The second kappa shape index (κ2) is 14.0. The van der Waals surface area contributed by atoms with Crippen molar-refractivity contribution < 1.29 is 0 Å². The van der Waals surface area contributed by atoms with Gasteiger partial charge in [0.2, 0.25) is 0 Å². The Balaban J connectivity index is 0.932. The molecule has 9 aliphatic rings. The minimum Gasteiger partial charge on any atom is -0.378 e. The summed E-state index contributed by atoms with van der Waals surface area (Å²) < 4.78 is 0. The first-order valence-corrected chi connectivity index (χ1v) is 21.0. The van der Waals surface area contributed by atoms with Gasteiger partial charge in [0.1, 0.15) is 0 Å². The molecule has 0 aromatic heterocycles. The van der Waals surface area contributed by atoms with Gasteiger partial charge in [0, 0.05) is 17.5 Å². The van der Waals surface area contributed by atoms with E-state index in [0.29, 0.717) is 35.6 Å². The molecule has 0 spiro atoms. The molecular weight excluding hydrogens is 627 g/mol. The predicted molar refractivity (Wildman–Crippen MR) is 218 cm³/mol. The average molecular weight is 682 g/mol. The van der Waals surface area contributed by atoms with Crippen molar-refractivity contribution in [1.29, 1.82) is 0 Å². The average Bonchev–Trinajstić information content (AvgIpc) is 3.23. The van der Waals surface area contributed by atoms with Gasteiger partial charge in [0.05, 0.1) is 6.04 Å². The molecular formula is C51H55N. The highest BCUT2D eigenvalue weighted by atomic mass is 14.9. The number of benzene rings is 1. The maximum absolute atomic E-state index is 4.14. The van der Waals surface area contributed by atoms with Crippen molar-refractivity contribution in [2.75, 3.05) is 0 Å². The Hall–Kier alpha value is -4.10. The third kappa shape index (κ3) is 6.13. The van der Waals surface area contributed by atoms with E-state index in [2.05, 4.69) is 121 Å². The second-order valence-electron chi connectivity index (χ2n) is 17.1. The molecule has 0 amide bonds. The standard InChI is InChI=1S/C51H55N/c1-3-12-34(13-4-1)37-17-11-18-42(30-37)51-32-43(31-50(52-51)36-15-5-2-6-16-36)40-23-22-39-29-41(25-24-38(39)28-40)48-33-49-44-19-8-7-14-35(44)26-27-47(49)45-20-9-10-21-46(45)48/h1,3,7-8,10,12,14-15,19,21,23-27,29,31-33,37-39,42,47,49-50,52H,2,4-6,9,11,13,16-18,20,22,28,30H2.